The molecule has 4 aromatic rings. The second-order valence-corrected chi connectivity index (χ2v) is 9.87. The van der Waals surface area contributed by atoms with Gasteiger partial charge in [-0.05, 0) is 102 Å². The fourth-order valence-electron chi connectivity index (χ4n) is 4.93. The topological polar surface area (TPSA) is 33.1 Å². The van der Waals surface area contributed by atoms with E-state index >= 15 is 0 Å². The minimum Gasteiger partial charge on any atom is -0.351 e. The summed E-state index contributed by atoms with van der Waals surface area (Å²) in [5.74, 6) is 0. The number of aryl methyl sites for hydroxylation is 2. The van der Waals surface area contributed by atoms with Crippen molar-refractivity contribution in [2.75, 3.05) is 4.90 Å². The Morgan fingerprint density at radius 1 is 1.00 bits per heavy atom. The van der Waals surface area contributed by atoms with Crippen molar-refractivity contribution < 1.29 is 0 Å². The summed E-state index contributed by atoms with van der Waals surface area (Å²) in [6, 6.07) is 25.3. The molecule has 172 valence electrons. The van der Waals surface area contributed by atoms with Crippen LogP contribution < -0.4 is 10.2 Å². The van der Waals surface area contributed by atoms with Crippen molar-refractivity contribution in [1.29, 1.82) is 0 Å². The number of hydrogen-bond donors (Lipinski definition) is 1. The summed E-state index contributed by atoms with van der Waals surface area (Å²) in [5.41, 5.74) is 8.11. The highest BCUT2D eigenvalue weighted by Gasteiger charge is 2.42. The molecule has 3 heterocycles. The van der Waals surface area contributed by atoms with E-state index in [4.69, 9.17) is 17.2 Å². The smallest absolute Gasteiger partial charge is 0.174 e. The summed E-state index contributed by atoms with van der Waals surface area (Å²) >= 11 is 9.65. The molecule has 1 fully saturated rings. The van der Waals surface area contributed by atoms with Crippen molar-refractivity contribution in [3.05, 3.63) is 112 Å². The lowest BCUT2D eigenvalue weighted by molar-refractivity contribution is 0.565. The number of hydrogen-bond acceptors (Lipinski definition) is 2. The zero-order valence-corrected chi connectivity index (χ0v) is 21.9. The Labute approximate surface area is 214 Å². The van der Waals surface area contributed by atoms with E-state index in [2.05, 4.69) is 106 Å². The number of thiocarbonyl (C=S) groups is 1. The van der Waals surface area contributed by atoms with Gasteiger partial charge >= 0.3 is 0 Å². The van der Waals surface area contributed by atoms with Crippen LogP contribution in [0.15, 0.2) is 83.5 Å². The van der Waals surface area contributed by atoms with Crippen molar-refractivity contribution in [3.63, 3.8) is 0 Å². The average molecular weight is 532 g/mol. The Morgan fingerprint density at radius 2 is 1.74 bits per heavy atom. The summed E-state index contributed by atoms with van der Waals surface area (Å²) in [6.07, 6.45) is 2.86. The lowest BCUT2D eigenvalue weighted by atomic mass is 9.96. The van der Waals surface area contributed by atoms with Gasteiger partial charge in [0.2, 0.25) is 0 Å². The average Bonchev–Trinajstić information content (AvgIpc) is 3.35. The summed E-state index contributed by atoms with van der Waals surface area (Å²) in [4.78, 5) is 6.94. The van der Waals surface area contributed by atoms with E-state index in [1.165, 1.54) is 22.5 Å². The van der Waals surface area contributed by atoms with E-state index in [1.54, 1.807) is 0 Å². The van der Waals surface area contributed by atoms with Gasteiger partial charge in [-0.1, -0.05) is 37.3 Å². The molecule has 6 heteroatoms. The predicted octanol–water partition coefficient (Wildman–Crippen LogP) is 6.99. The first kappa shape index (κ1) is 22.8. The van der Waals surface area contributed by atoms with Gasteiger partial charge in [0, 0.05) is 27.7 Å². The van der Waals surface area contributed by atoms with Gasteiger partial charge in [0.05, 0.1) is 23.5 Å². The van der Waals surface area contributed by atoms with Gasteiger partial charge in [-0.2, -0.15) is 0 Å². The van der Waals surface area contributed by atoms with Crippen LogP contribution in [0.25, 0.3) is 5.69 Å². The van der Waals surface area contributed by atoms with Crippen LogP contribution >= 0.6 is 28.1 Å². The highest BCUT2D eigenvalue weighted by molar-refractivity contribution is 9.10. The van der Waals surface area contributed by atoms with Crippen molar-refractivity contribution >= 4 is 38.9 Å². The number of para-hydroxylation sites is 1. The lowest BCUT2D eigenvalue weighted by Gasteiger charge is -2.28. The second-order valence-electron chi connectivity index (χ2n) is 8.63. The van der Waals surface area contributed by atoms with Gasteiger partial charge in [0.15, 0.2) is 5.11 Å². The number of anilines is 1. The molecular weight excluding hydrogens is 504 g/mol. The molecule has 2 unspecified atom stereocenters. The molecule has 1 aliphatic heterocycles. The van der Waals surface area contributed by atoms with Gasteiger partial charge < -0.3 is 14.8 Å². The maximum absolute atomic E-state index is 5.91. The zero-order chi connectivity index (χ0) is 23.8. The van der Waals surface area contributed by atoms with E-state index in [0.29, 0.717) is 0 Å². The molecular formula is C28H27BrN4S. The quantitative estimate of drug-likeness (QED) is 0.282. The fourth-order valence-corrected chi connectivity index (χ4v) is 5.74. The first-order chi connectivity index (χ1) is 16.5. The van der Waals surface area contributed by atoms with Crippen molar-refractivity contribution in [2.45, 2.75) is 39.3 Å². The van der Waals surface area contributed by atoms with Gasteiger partial charge in [-0.15, -0.1) is 0 Å². The highest BCUT2D eigenvalue weighted by Crippen LogP contribution is 2.44. The Bertz CT molecular complexity index is 1330. The molecule has 0 saturated carbocycles. The van der Waals surface area contributed by atoms with Crippen molar-refractivity contribution in [3.8, 4) is 5.69 Å². The largest absolute Gasteiger partial charge is 0.351 e. The third-order valence-corrected chi connectivity index (χ3v) is 7.59. The molecule has 0 aliphatic carbocycles. The Hall–Kier alpha value is -2.96. The van der Waals surface area contributed by atoms with Gasteiger partial charge in [0.1, 0.15) is 0 Å². The molecule has 1 aliphatic rings. The summed E-state index contributed by atoms with van der Waals surface area (Å²) in [7, 11) is 0. The maximum atomic E-state index is 5.91. The number of benzene rings is 2. The molecule has 2 atom stereocenters. The number of rotatable bonds is 5. The Balaban J connectivity index is 1.68. The standard InChI is InChI=1S/C28H27BrN4S/c1-4-20-12-14-21(15-13-20)33-27(26(31-28(33)34)24-10-7-8-16-30-24)22-17-18(2)32(19(22)3)25-11-6-5-9-23(25)29/h5-17,26-27H,4H2,1-3H3,(H,31,34). The van der Waals surface area contributed by atoms with Crippen LogP contribution in [-0.2, 0) is 6.42 Å². The molecule has 0 amide bonds. The SMILES string of the molecule is CCc1ccc(N2C(=S)NC(c3ccccn3)C2c2cc(C)n(-c3ccccc3Br)c2C)cc1. The molecule has 5 rings (SSSR count). The highest BCUT2D eigenvalue weighted by atomic mass is 79.9. The summed E-state index contributed by atoms with van der Waals surface area (Å²) in [6.45, 7) is 6.53. The van der Waals surface area contributed by atoms with Crippen LogP contribution in [0.5, 0.6) is 0 Å². The third kappa shape index (κ3) is 3.95. The number of pyridine rings is 1. The number of aromatic nitrogens is 2. The minimum absolute atomic E-state index is 0.0303. The lowest BCUT2D eigenvalue weighted by Crippen LogP contribution is -2.29. The van der Waals surface area contributed by atoms with Crippen LogP contribution in [0.2, 0.25) is 0 Å². The second kappa shape index (κ2) is 9.35. The van der Waals surface area contributed by atoms with Crippen LogP contribution in [0.3, 0.4) is 0 Å². The van der Waals surface area contributed by atoms with E-state index in [0.717, 1.165) is 33.1 Å². The molecule has 1 saturated heterocycles. The molecule has 0 bridgehead atoms. The van der Waals surface area contributed by atoms with E-state index in [-0.39, 0.29) is 12.1 Å². The number of nitrogens with zero attached hydrogens (tertiary/aromatic N) is 3. The first-order valence-electron chi connectivity index (χ1n) is 11.5. The van der Waals surface area contributed by atoms with E-state index in [9.17, 15) is 0 Å². The fraction of sp³-hybridized carbons (Fsp3) is 0.214. The van der Waals surface area contributed by atoms with E-state index in [1.807, 2.05) is 24.4 Å². The normalized spacial score (nSPS) is 17.8. The minimum atomic E-state index is -0.0623. The number of halogens is 1. The molecule has 0 spiro atoms. The molecule has 2 aromatic heterocycles. The Kier molecular flexibility index (Phi) is 6.28. The zero-order valence-electron chi connectivity index (χ0n) is 19.5. The van der Waals surface area contributed by atoms with Crippen molar-refractivity contribution in [2.24, 2.45) is 0 Å². The molecule has 34 heavy (non-hydrogen) atoms. The summed E-state index contributed by atoms with van der Waals surface area (Å²) < 4.78 is 3.38. The molecule has 0 radical (unpaired) electrons. The van der Waals surface area contributed by atoms with E-state index < -0.39 is 0 Å². The molecule has 1 N–H and O–H groups in total. The van der Waals surface area contributed by atoms with Crippen LogP contribution in [0, 0.1) is 13.8 Å². The first-order valence-corrected chi connectivity index (χ1v) is 12.7. The van der Waals surface area contributed by atoms with Crippen LogP contribution in [0.4, 0.5) is 5.69 Å². The van der Waals surface area contributed by atoms with Gasteiger partial charge in [-0.25, -0.2) is 0 Å². The maximum Gasteiger partial charge on any atom is 0.174 e. The third-order valence-electron chi connectivity index (χ3n) is 6.60. The Morgan fingerprint density at radius 3 is 2.41 bits per heavy atom. The van der Waals surface area contributed by atoms with Crippen LogP contribution in [0.1, 0.15) is 47.2 Å². The van der Waals surface area contributed by atoms with Gasteiger partial charge in [-0.3, -0.25) is 4.98 Å². The van der Waals surface area contributed by atoms with Gasteiger partial charge in [0.25, 0.3) is 0 Å². The number of nitrogens with one attached hydrogen (secondary N) is 1. The molecule has 4 nitrogen and oxygen atoms in total. The van der Waals surface area contributed by atoms with Crippen molar-refractivity contribution in [1.82, 2.24) is 14.9 Å². The summed E-state index contributed by atoms with van der Waals surface area (Å²) in [5, 5.41) is 4.30. The monoisotopic (exact) mass is 530 g/mol. The predicted molar refractivity (Wildman–Crippen MR) is 147 cm³/mol. The van der Waals surface area contributed by atoms with Crippen LogP contribution in [-0.4, -0.2) is 14.7 Å². The molecule has 2 aromatic carbocycles.